The molecule has 0 bridgehead atoms. The number of rotatable bonds is 6. The molecule has 0 aliphatic carbocycles. The molecule has 1 aliphatic rings. The molecule has 6 heteroatoms. The molecule has 1 aromatic heterocycles. The zero-order valence-electron chi connectivity index (χ0n) is 17.1. The van der Waals surface area contributed by atoms with Crippen LogP contribution in [0.5, 0.6) is 0 Å². The number of aromatic nitrogens is 2. The highest BCUT2D eigenvalue weighted by molar-refractivity contribution is 5.92. The Morgan fingerprint density at radius 3 is 2.29 bits per heavy atom. The summed E-state index contributed by atoms with van der Waals surface area (Å²) in [5, 5.41) is 4.09. The van der Waals surface area contributed by atoms with Crippen LogP contribution in [-0.4, -0.2) is 58.6 Å². The Kier molecular flexibility index (Phi) is 6.49. The fourth-order valence-electron chi connectivity index (χ4n) is 3.74. The van der Waals surface area contributed by atoms with Crippen LogP contribution < -0.4 is 0 Å². The van der Waals surface area contributed by atoms with E-state index in [4.69, 9.17) is 0 Å². The summed E-state index contributed by atoms with van der Waals surface area (Å²) in [5.74, 6) is 0.850. The first kappa shape index (κ1) is 20.1. The fourth-order valence-corrected chi connectivity index (χ4v) is 3.74. The predicted molar refractivity (Wildman–Crippen MR) is 109 cm³/mol. The van der Waals surface area contributed by atoms with Crippen LogP contribution in [-0.2, 0) is 24.7 Å². The van der Waals surface area contributed by atoms with Gasteiger partial charge in [0.05, 0.1) is 0 Å². The maximum atomic E-state index is 12.6. The molecule has 2 amide bonds. The number of likely N-dealkylation sites (tertiary alicyclic amines) is 1. The van der Waals surface area contributed by atoms with E-state index in [-0.39, 0.29) is 11.8 Å². The summed E-state index contributed by atoms with van der Waals surface area (Å²) >= 11 is 0. The minimum atomic E-state index is 0.0788. The van der Waals surface area contributed by atoms with Crippen LogP contribution >= 0.6 is 0 Å². The quantitative estimate of drug-likeness (QED) is 0.771. The summed E-state index contributed by atoms with van der Waals surface area (Å²) in [6.45, 7) is 1.61. The SMILES string of the molecule is CN(C)C(=O)CCc1ccc(CC2CCN(C(=O)c3ccnn3C)CC2)cc1. The van der Waals surface area contributed by atoms with Crippen LogP contribution in [0.25, 0.3) is 0 Å². The van der Waals surface area contributed by atoms with Crippen molar-refractivity contribution in [2.45, 2.75) is 32.1 Å². The molecule has 0 radical (unpaired) electrons. The first-order chi connectivity index (χ1) is 13.4. The van der Waals surface area contributed by atoms with Gasteiger partial charge >= 0.3 is 0 Å². The number of aryl methyl sites for hydroxylation is 2. The number of nitrogens with zero attached hydrogens (tertiary/aromatic N) is 4. The van der Waals surface area contributed by atoms with Crippen molar-refractivity contribution < 1.29 is 9.59 Å². The molecule has 150 valence electrons. The summed E-state index contributed by atoms with van der Waals surface area (Å²) in [6, 6.07) is 10.4. The van der Waals surface area contributed by atoms with Gasteiger partial charge in [-0.3, -0.25) is 14.3 Å². The lowest BCUT2D eigenvalue weighted by Gasteiger charge is -2.32. The van der Waals surface area contributed by atoms with Gasteiger partial charge in [-0.05, 0) is 48.8 Å². The molecule has 2 aromatic rings. The molecule has 28 heavy (non-hydrogen) atoms. The average Bonchev–Trinajstić information content (AvgIpc) is 3.13. The van der Waals surface area contributed by atoms with Crippen LogP contribution in [0.4, 0.5) is 0 Å². The van der Waals surface area contributed by atoms with Crippen molar-refractivity contribution in [1.29, 1.82) is 0 Å². The largest absolute Gasteiger partial charge is 0.349 e. The van der Waals surface area contributed by atoms with E-state index in [1.165, 1.54) is 11.1 Å². The van der Waals surface area contributed by atoms with E-state index >= 15 is 0 Å². The summed E-state index contributed by atoms with van der Waals surface area (Å²) in [6.07, 6.45) is 6.11. The standard InChI is InChI=1S/C22H30N4O2/c1-24(2)21(27)9-8-17-4-6-18(7-5-17)16-19-11-14-26(15-12-19)22(28)20-10-13-23-25(20)3/h4-7,10,13,19H,8-9,11-12,14-16H2,1-3H3. The third-order valence-electron chi connectivity index (χ3n) is 5.62. The Hall–Kier alpha value is -2.63. The Morgan fingerprint density at radius 1 is 1.07 bits per heavy atom. The Balaban J connectivity index is 1.46. The molecular weight excluding hydrogens is 352 g/mol. The van der Waals surface area contributed by atoms with Crippen LogP contribution in [0.2, 0.25) is 0 Å². The van der Waals surface area contributed by atoms with Crippen molar-refractivity contribution in [2.24, 2.45) is 13.0 Å². The van der Waals surface area contributed by atoms with Gasteiger partial charge in [0, 0.05) is 46.9 Å². The van der Waals surface area contributed by atoms with E-state index in [0.717, 1.165) is 38.8 Å². The summed E-state index contributed by atoms with van der Waals surface area (Å²) in [7, 11) is 5.39. The van der Waals surface area contributed by atoms with E-state index in [2.05, 4.69) is 29.4 Å². The second-order valence-corrected chi connectivity index (χ2v) is 7.88. The van der Waals surface area contributed by atoms with Crippen molar-refractivity contribution in [3.05, 3.63) is 53.3 Å². The fraction of sp³-hybridized carbons (Fsp3) is 0.500. The van der Waals surface area contributed by atoms with E-state index < -0.39 is 0 Å². The molecule has 0 spiro atoms. The average molecular weight is 383 g/mol. The highest BCUT2D eigenvalue weighted by Crippen LogP contribution is 2.23. The maximum absolute atomic E-state index is 12.6. The minimum absolute atomic E-state index is 0.0788. The Labute approximate surface area is 167 Å². The number of carbonyl (C=O) groups is 2. The van der Waals surface area contributed by atoms with Gasteiger partial charge in [0.1, 0.15) is 5.69 Å². The number of hydrogen-bond acceptors (Lipinski definition) is 3. The lowest BCUT2D eigenvalue weighted by molar-refractivity contribution is -0.128. The third-order valence-corrected chi connectivity index (χ3v) is 5.62. The first-order valence-electron chi connectivity index (χ1n) is 9.99. The topological polar surface area (TPSA) is 58.4 Å². The molecule has 0 unspecified atom stereocenters. The van der Waals surface area contributed by atoms with Crippen molar-refractivity contribution in [3.8, 4) is 0 Å². The third kappa shape index (κ3) is 5.00. The van der Waals surface area contributed by atoms with Crippen LogP contribution in [0, 0.1) is 5.92 Å². The van der Waals surface area contributed by atoms with E-state index in [1.807, 2.05) is 4.90 Å². The monoisotopic (exact) mass is 382 g/mol. The van der Waals surface area contributed by atoms with Crippen LogP contribution in [0.3, 0.4) is 0 Å². The number of amides is 2. The molecule has 0 N–H and O–H groups in total. The number of benzene rings is 1. The lowest BCUT2D eigenvalue weighted by Crippen LogP contribution is -2.39. The normalized spacial score (nSPS) is 14.9. The second-order valence-electron chi connectivity index (χ2n) is 7.88. The van der Waals surface area contributed by atoms with Crippen molar-refractivity contribution in [1.82, 2.24) is 19.6 Å². The number of carbonyl (C=O) groups excluding carboxylic acids is 2. The van der Waals surface area contributed by atoms with Crippen molar-refractivity contribution >= 4 is 11.8 Å². The zero-order valence-corrected chi connectivity index (χ0v) is 17.1. The Morgan fingerprint density at radius 2 is 1.71 bits per heavy atom. The van der Waals surface area contributed by atoms with Gasteiger partial charge in [-0.15, -0.1) is 0 Å². The summed E-state index contributed by atoms with van der Waals surface area (Å²) in [4.78, 5) is 27.9. The van der Waals surface area contributed by atoms with Gasteiger partial charge in [0.15, 0.2) is 0 Å². The summed E-state index contributed by atoms with van der Waals surface area (Å²) < 4.78 is 1.64. The second kappa shape index (κ2) is 9.04. The maximum Gasteiger partial charge on any atom is 0.272 e. The van der Waals surface area contributed by atoms with E-state index in [0.29, 0.717) is 18.0 Å². The molecule has 2 heterocycles. The molecule has 1 fully saturated rings. The molecule has 1 aliphatic heterocycles. The first-order valence-corrected chi connectivity index (χ1v) is 9.99. The summed E-state index contributed by atoms with van der Waals surface area (Å²) in [5.41, 5.74) is 3.19. The predicted octanol–water partition coefficient (Wildman–Crippen LogP) is 2.54. The van der Waals surface area contributed by atoms with E-state index in [9.17, 15) is 9.59 Å². The minimum Gasteiger partial charge on any atom is -0.349 e. The van der Waals surface area contributed by atoms with Crippen LogP contribution in [0.15, 0.2) is 36.5 Å². The van der Waals surface area contributed by atoms with Gasteiger partial charge in [0.25, 0.3) is 5.91 Å². The van der Waals surface area contributed by atoms with Gasteiger partial charge in [-0.2, -0.15) is 5.10 Å². The van der Waals surface area contributed by atoms with Gasteiger partial charge in [-0.1, -0.05) is 24.3 Å². The highest BCUT2D eigenvalue weighted by Gasteiger charge is 2.25. The molecule has 3 rings (SSSR count). The van der Waals surface area contributed by atoms with Crippen LogP contribution in [0.1, 0.15) is 40.9 Å². The molecule has 0 atom stereocenters. The molecular formula is C22H30N4O2. The molecule has 6 nitrogen and oxygen atoms in total. The number of hydrogen-bond donors (Lipinski definition) is 0. The smallest absolute Gasteiger partial charge is 0.272 e. The molecule has 1 saturated heterocycles. The molecule has 0 saturated carbocycles. The van der Waals surface area contributed by atoms with Crippen molar-refractivity contribution in [3.63, 3.8) is 0 Å². The van der Waals surface area contributed by atoms with E-state index in [1.54, 1.807) is 43.0 Å². The van der Waals surface area contributed by atoms with Crippen molar-refractivity contribution in [2.75, 3.05) is 27.2 Å². The van der Waals surface area contributed by atoms with Gasteiger partial charge < -0.3 is 9.80 Å². The zero-order chi connectivity index (χ0) is 20.1. The highest BCUT2D eigenvalue weighted by atomic mass is 16.2. The lowest BCUT2D eigenvalue weighted by atomic mass is 9.89. The Bertz CT molecular complexity index is 802. The van der Waals surface area contributed by atoms with Gasteiger partial charge in [0.2, 0.25) is 5.91 Å². The number of piperidine rings is 1. The molecule has 1 aromatic carbocycles. The van der Waals surface area contributed by atoms with Gasteiger partial charge in [-0.25, -0.2) is 0 Å².